The molecule has 97 heavy (non-hydrogen) atoms. The molecule has 4 heterocycles. The number of hydrogen-bond acceptors (Lipinski definition) is 26. The average Bonchev–Trinajstić information content (AvgIpc) is 1.69. The first-order chi connectivity index (χ1) is 46.5. The van der Waals surface area contributed by atoms with E-state index >= 15 is 4.79 Å². The number of hydrogen-bond donors (Lipinski definition) is 15. The lowest BCUT2D eigenvalue weighted by atomic mass is 9.98. The standard InChI is InChI=1S/C63H87N11O21S2/c1-34-32-74-53(54(34)82)59(87)66-31-40(76)29-43(67-55(83)37-13-15-38(16-14-37)60-71-72-61(96-60)39-17-19-42(20-18-39)92-26-10-6-4-5-9-25-91-3)56(84)68-50(35(2)75)62(88)73-33-41(77)30-44(73)57(85)69-51(47(80)27-36-12-21-45(78)48(28-36)93-97-95-94-90)58(86)70-52(63(74)89)46(79)22-24-65-49(81)11-7-8-23-64/h12-21,28,34-35,40-41,43-44,46-47,50-54,75-80,82,90H,4-11,22-27,29-33,64H2,1-3H3,(H,65,81)(H,66,87)(H,67,83)(H,68,84)(H,69,85)(H,70,86)/t34-,35+,40+,41+,43+,44+,46-,47-,50+,51+,52+,53+,54+/m1/s1. The van der Waals surface area contributed by atoms with E-state index in [2.05, 4.69) is 51.5 Å². The number of nitrogens with one attached hydrogen (secondary N) is 6. The van der Waals surface area contributed by atoms with Gasteiger partial charge in [0, 0.05) is 88.2 Å². The van der Waals surface area contributed by atoms with Crippen molar-refractivity contribution in [3.05, 3.63) is 77.9 Å². The quantitative estimate of drug-likeness (QED) is 0.0141. The number of β-amino-alcohol motifs (C(OH)–C–C–N with tert-alkyl or cyclic N) is 1. The first kappa shape index (κ1) is 76.7. The molecule has 4 aromatic rings. The van der Waals surface area contributed by atoms with Gasteiger partial charge in [-0.15, -0.1) is 10.2 Å². The zero-order chi connectivity index (χ0) is 70.3. The monoisotopic (exact) mass is 1400 g/mol. The van der Waals surface area contributed by atoms with Crippen molar-refractivity contribution in [2.24, 2.45) is 11.7 Å². The number of carbonyl (C=O) groups is 8. The number of phenolic OH excluding ortho intramolecular Hbond substituents is 1. The Hall–Kier alpha value is -7.71. The summed E-state index contributed by atoms with van der Waals surface area (Å²) in [6, 6.07) is 5.66. The third kappa shape index (κ3) is 21.9. The second-order valence-electron chi connectivity index (χ2n) is 24.1. The van der Waals surface area contributed by atoms with Crippen LogP contribution in [0.2, 0.25) is 0 Å². The maximum Gasteiger partial charge on any atom is 0.261 e. The fraction of sp³-hybridized carbons (Fsp3) is 0.556. The largest absolute Gasteiger partial charge is 0.504 e. The van der Waals surface area contributed by atoms with Crippen molar-refractivity contribution in [3.8, 4) is 38.4 Å². The number of methoxy groups -OCH3 is 1. The maximum atomic E-state index is 15.0. The normalized spacial score (nSPS) is 23.9. The van der Waals surface area contributed by atoms with Crippen molar-refractivity contribution in [1.82, 2.24) is 51.9 Å². The number of carbonyl (C=O) groups excluding carboxylic acids is 8. The molecular formula is C63H87N11O21S2. The Bertz CT molecular complexity index is 3260. The number of ether oxygens (including phenoxy) is 2. The van der Waals surface area contributed by atoms with Crippen molar-refractivity contribution in [3.63, 3.8) is 0 Å². The van der Waals surface area contributed by atoms with Gasteiger partial charge in [0.25, 0.3) is 18.2 Å². The number of amides is 8. The van der Waals surface area contributed by atoms with Crippen LogP contribution >= 0.6 is 23.7 Å². The molecule has 34 heteroatoms. The van der Waals surface area contributed by atoms with E-state index in [9.17, 15) is 69.3 Å². The van der Waals surface area contributed by atoms with Crippen molar-refractivity contribution in [2.75, 3.05) is 53.0 Å². The van der Waals surface area contributed by atoms with Crippen molar-refractivity contribution in [2.45, 2.75) is 164 Å². The first-order valence-electron chi connectivity index (χ1n) is 32.0. The molecule has 8 amide bonds. The van der Waals surface area contributed by atoms with Crippen LogP contribution in [0.15, 0.2) is 66.7 Å². The molecule has 3 aromatic carbocycles. The molecule has 532 valence electrons. The molecule has 1 aromatic heterocycles. The fourth-order valence-electron chi connectivity index (χ4n) is 11.4. The lowest BCUT2D eigenvalue weighted by Crippen LogP contribution is -2.64. The van der Waals surface area contributed by atoms with Crippen LogP contribution in [0.5, 0.6) is 17.2 Å². The van der Waals surface area contributed by atoms with E-state index in [1.54, 1.807) is 19.2 Å². The van der Waals surface area contributed by atoms with Crippen LogP contribution in [0.1, 0.15) is 100 Å². The molecule has 0 saturated carbocycles. The number of fused-ring (bicyclic) bond motifs is 2. The van der Waals surface area contributed by atoms with E-state index in [4.69, 9.17) is 24.6 Å². The van der Waals surface area contributed by atoms with E-state index in [0.29, 0.717) is 47.3 Å². The number of nitrogens with two attached hydrogens (primary N) is 1. The Balaban J connectivity index is 1.16. The molecule has 32 nitrogen and oxygen atoms in total. The van der Waals surface area contributed by atoms with Gasteiger partial charge in [0.1, 0.15) is 52.0 Å². The molecule has 3 saturated heterocycles. The molecule has 16 N–H and O–H groups in total. The van der Waals surface area contributed by atoms with Gasteiger partial charge in [-0.25, -0.2) is 5.26 Å². The summed E-state index contributed by atoms with van der Waals surface area (Å²) in [4.78, 5) is 117. The first-order valence-corrected chi connectivity index (χ1v) is 33.5. The van der Waals surface area contributed by atoms with Gasteiger partial charge in [0.2, 0.25) is 41.4 Å². The Morgan fingerprint density at radius 2 is 1.40 bits per heavy atom. The highest BCUT2D eigenvalue weighted by atomic mass is 32.2. The highest BCUT2D eigenvalue weighted by Gasteiger charge is 2.50. The maximum absolute atomic E-state index is 15.0. The van der Waals surface area contributed by atoms with Crippen molar-refractivity contribution >= 4 is 70.9 Å². The number of phenols is 1. The van der Waals surface area contributed by atoms with Crippen molar-refractivity contribution in [1.29, 1.82) is 0 Å². The van der Waals surface area contributed by atoms with E-state index < -0.39 is 171 Å². The Morgan fingerprint density at radius 3 is 2.07 bits per heavy atom. The Kier molecular flexibility index (Phi) is 29.9. The van der Waals surface area contributed by atoms with Crippen LogP contribution in [0, 0.1) is 5.92 Å². The van der Waals surface area contributed by atoms with Gasteiger partial charge in [0.05, 0.1) is 43.2 Å². The molecule has 3 aliphatic rings. The van der Waals surface area contributed by atoms with Gasteiger partial charge in [-0.2, -0.15) is 0 Å². The number of aromatic hydroxyl groups is 1. The number of aromatic nitrogens is 2. The summed E-state index contributed by atoms with van der Waals surface area (Å²) in [5.41, 5.74) is 7.06. The van der Waals surface area contributed by atoms with Crippen LogP contribution in [0.25, 0.3) is 21.1 Å². The van der Waals surface area contributed by atoms with Gasteiger partial charge < -0.3 is 96.8 Å². The highest BCUT2D eigenvalue weighted by molar-refractivity contribution is 7.90. The third-order valence-electron chi connectivity index (χ3n) is 16.7. The van der Waals surface area contributed by atoms with Gasteiger partial charge >= 0.3 is 0 Å². The van der Waals surface area contributed by atoms with E-state index in [1.165, 1.54) is 42.5 Å². The Morgan fingerprint density at radius 1 is 0.753 bits per heavy atom. The number of aliphatic hydroxyl groups is 6. The molecule has 0 unspecified atom stereocenters. The van der Waals surface area contributed by atoms with Gasteiger partial charge in [-0.05, 0) is 99.7 Å². The molecule has 3 aliphatic heterocycles. The molecular weight excluding hydrogens is 1310 g/mol. The van der Waals surface area contributed by atoms with Crippen LogP contribution in [-0.2, 0) is 54.1 Å². The molecule has 3 fully saturated rings. The molecule has 7 rings (SSSR count). The van der Waals surface area contributed by atoms with E-state index in [-0.39, 0.29) is 48.7 Å². The predicted molar refractivity (Wildman–Crippen MR) is 348 cm³/mol. The summed E-state index contributed by atoms with van der Waals surface area (Å²) >= 11 is 1.36. The van der Waals surface area contributed by atoms with Crippen molar-refractivity contribution < 1.29 is 102 Å². The molecule has 0 aliphatic carbocycles. The summed E-state index contributed by atoms with van der Waals surface area (Å²) in [7, 11) is 1.69. The average molecular weight is 1400 g/mol. The smallest absolute Gasteiger partial charge is 0.261 e. The second kappa shape index (κ2) is 37.9. The SMILES string of the molecule is COCCCCCCCOc1ccc(-c2nnc(-c3ccc(C(=O)N[C@H]4C[C@H](O)CNC(=O)[C@@H]5[C@@H](O)[C@H](C)CN5C(=O)[C@H]([C@H](O)CCNC(=O)CCCCN)NC(=O)[C@H]([C@H](O)Cc5ccc(O)c(OSOOO)c5)NC(=O)[C@@H]5C[C@H](O)CN5C(=O)[C@H]([C@H](C)O)NC4=O)cc3)s2)cc1. The Labute approximate surface area is 567 Å². The fourth-order valence-corrected chi connectivity index (χ4v) is 12.5. The summed E-state index contributed by atoms with van der Waals surface area (Å²) in [5, 5.41) is 117. The summed E-state index contributed by atoms with van der Waals surface area (Å²) in [5.74, 6) is -9.33. The molecule has 0 spiro atoms. The number of aliphatic hydroxyl groups excluding tert-OH is 6. The van der Waals surface area contributed by atoms with Gasteiger partial charge in [-0.1, -0.05) is 65.1 Å². The second-order valence-corrected chi connectivity index (χ2v) is 25.5. The predicted octanol–water partition coefficient (Wildman–Crippen LogP) is -0.500. The molecule has 0 bridgehead atoms. The summed E-state index contributed by atoms with van der Waals surface area (Å²) in [6.07, 6.45) is -6.45. The summed E-state index contributed by atoms with van der Waals surface area (Å²) < 4.78 is 20.4. The van der Waals surface area contributed by atoms with Gasteiger partial charge in [-0.3, -0.25) is 38.4 Å². The third-order valence-corrected chi connectivity index (χ3v) is 18.1. The molecule has 0 radical (unpaired) electrons. The number of benzene rings is 3. The van der Waals surface area contributed by atoms with E-state index in [0.717, 1.165) is 67.1 Å². The van der Waals surface area contributed by atoms with Gasteiger partial charge in [0.15, 0.2) is 11.5 Å². The van der Waals surface area contributed by atoms with Crippen LogP contribution in [0.4, 0.5) is 0 Å². The summed E-state index contributed by atoms with van der Waals surface area (Å²) in [6.45, 7) is 2.37. The van der Waals surface area contributed by atoms with Crippen LogP contribution in [0.3, 0.4) is 0 Å². The lowest BCUT2D eigenvalue weighted by molar-refractivity contribution is -0.433. The minimum atomic E-state index is -2.16. The zero-order valence-electron chi connectivity index (χ0n) is 53.9. The highest BCUT2D eigenvalue weighted by Crippen LogP contribution is 2.33. The number of unbranched alkanes of at least 4 members (excludes halogenated alkanes) is 5. The van der Waals surface area contributed by atoms with Crippen LogP contribution < -0.4 is 46.6 Å². The van der Waals surface area contributed by atoms with Crippen LogP contribution in [-0.4, -0.2) is 234 Å². The topological polar surface area (TPSA) is 475 Å². The lowest BCUT2D eigenvalue weighted by Gasteiger charge is -2.34. The molecule has 13 atom stereocenters. The zero-order valence-corrected chi connectivity index (χ0v) is 55.5. The minimum absolute atomic E-state index is 0.00832. The van der Waals surface area contributed by atoms with E-state index in [1.807, 2.05) is 24.3 Å². The minimum Gasteiger partial charge on any atom is -0.504 e. The number of rotatable bonds is 29. The number of nitrogens with zero attached hydrogens (tertiary/aromatic N) is 4.